The van der Waals surface area contributed by atoms with E-state index < -0.39 is 11.9 Å². The zero-order valence-electron chi connectivity index (χ0n) is 15.9. The minimum absolute atomic E-state index is 0.240. The number of allylic oxidation sites excluding steroid dienone is 1. The Labute approximate surface area is 183 Å². The van der Waals surface area contributed by atoms with Crippen molar-refractivity contribution in [2.24, 2.45) is 5.92 Å². The molecule has 3 aromatic rings. The summed E-state index contributed by atoms with van der Waals surface area (Å²) in [6, 6.07) is 16.9. The summed E-state index contributed by atoms with van der Waals surface area (Å²) in [5.41, 5.74) is 2.41. The molecule has 0 saturated carbocycles. The molecule has 0 fully saturated rings. The molecule has 2 heterocycles. The molecule has 30 heavy (non-hydrogen) atoms. The molecule has 152 valence electrons. The summed E-state index contributed by atoms with van der Waals surface area (Å²) < 4.78 is 0. The number of amides is 1. The van der Waals surface area contributed by atoms with Crippen LogP contribution in [0.1, 0.15) is 17.9 Å². The zero-order chi connectivity index (χ0) is 21.1. The first kappa shape index (κ1) is 20.3. The van der Waals surface area contributed by atoms with Crippen molar-refractivity contribution in [1.29, 1.82) is 0 Å². The van der Waals surface area contributed by atoms with E-state index in [0.29, 0.717) is 22.4 Å². The third kappa shape index (κ3) is 4.15. The number of aliphatic carboxylic acids is 1. The monoisotopic (exact) mass is 438 g/mol. The molecule has 1 N–H and O–H groups in total. The van der Waals surface area contributed by atoms with Crippen molar-refractivity contribution >= 4 is 39.9 Å². The third-order valence-electron chi connectivity index (χ3n) is 5.10. The molecule has 0 radical (unpaired) electrons. The number of carboxylic acids is 1. The minimum Gasteiger partial charge on any atom is -0.481 e. The topological polar surface area (TPSA) is 70.5 Å². The summed E-state index contributed by atoms with van der Waals surface area (Å²) in [4.78, 5) is 31.2. The molecule has 0 bridgehead atoms. The molecule has 2 aromatic carbocycles. The molecule has 4 rings (SSSR count). The lowest BCUT2D eigenvalue weighted by Crippen LogP contribution is -2.38. The van der Waals surface area contributed by atoms with Gasteiger partial charge in [0.2, 0.25) is 5.91 Å². The SMILES string of the molecule is O=C(O)C[C@@H]1C(=O)N(c2nc(-c3ccccc3Cl)cs2)CC=C[C@H]1c1ccccc1. The van der Waals surface area contributed by atoms with Crippen molar-refractivity contribution in [2.45, 2.75) is 12.3 Å². The molecule has 0 spiro atoms. The van der Waals surface area contributed by atoms with Crippen molar-refractivity contribution in [3.05, 3.63) is 82.7 Å². The summed E-state index contributed by atoms with van der Waals surface area (Å²) in [6.45, 7) is 0.341. The Hall–Kier alpha value is -2.96. The molecule has 1 aromatic heterocycles. The van der Waals surface area contributed by atoms with E-state index in [1.54, 1.807) is 11.0 Å². The fraction of sp³-hybridized carbons (Fsp3) is 0.174. The lowest BCUT2D eigenvalue weighted by atomic mass is 9.83. The van der Waals surface area contributed by atoms with Crippen LogP contribution in [0.15, 0.2) is 72.1 Å². The normalized spacial score (nSPS) is 19.0. The first-order valence-electron chi connectivity index (χ1n) is 9.50. The predicted octanol–water partition coefficient (Wildman–Crippen LogP) is 5.24. The zero-order valence-corrected chi connectivity index (χ0v) is 17.5. The van der Waals surface area contributed by atoms with Gasteiger partial charge in [-0.15, -0.1) is 11.3 Å². The fourth-order valence-corrected chi connectivity index (χ4v) is 4.74. The molecule has 7 heteroatoms. The smallest absolute Gasteiger partial charge is 0.304 e. The van der Waals surface area contributed by atoms with Crippen molar-refractivity contribution in [3.8, 4) is 11.3 Å². The summed E-state index contributed by atoms with van der Waals surface area (Å²) >= 11 is 7.63. The average molecular weight is 439 g/mol. The van der Waals surface area contributed by atoms with Gasteiger partial charge in [0.15, 0.2) is 5.13 Å². The maximum absolute atomic E-state index is 13.4. The van der Waals surface area contributed by atoms with Crippen LogP contribution in [0.5, 0.6) is 0 Å². The van der Waals surface area contributed by atoms with Crippen LogP contribution < -0.4 is 4.90 Å². The highest BCUT2D eigenvalue weighted by Crippen LogP contribution is 2.36. The maximum atomic E-state index is 13.4. The van der Waals surface area contributed by atoms with Gasteiger partial charge in [0, 0.05) is 28.4 Å². The van der Waals surface area contributed by atoms with Crippen molar-refractivity contribution in [1.82, 2.24) is 4.98 Å². The van der Waals surface area contributed by atoms with Crippen LogP contribution in [0.25, 0.3) is 11.3 Å². The van der Waals surface area contributed by atoms with Gasteiger partial charge in [0.25, 0.3) is 0 Å². The number of hydrogen-bond donors (Lipinski definition) is 1. The van der Waals surface area contributed by atoms with Gasteiger partial charge in [-0.05, 0) is 11.6 Å². The highest BCUT2D eigenvalue weighted by Gasteiger charge is 2.36. The predicted molar refractivity (Wildman–Crippen MR) is 119 cm³/mol. The number of carboxylic acid groups (broad SMARTS) is 1. The van der Waals surface area contributed by atoms with E-state index in [4.69, 9.17) is 11.6 Å². The van der Waals surface area contributed by atoms with Crippen molar-refractivity contribution in [3.63, 3.8) is 0 Å². The highest BCUT2D eigenvalue weighted by molar-refractivity contribution is 7.14. The Morgan fingerprint density at radius 2 is 1.90 bits per heavy atom. The Bertz CT molecular complexity index is 1100. The first-order valence-corrected chi connectivity index (χ1v) is 10.8. The van der Waals surface area contributed by atoms with E-state index >= 15 is 0 Å². The quantitative estimate of drug-likeness (QED) is 0.553. The second-order valence-electron chi connectivity index (χ2n) is 7.01. The van der Waals surface area contributed by atoms with Gasteiger partial charge in [-0.25, -0.2) is 4.98 Å². The van der Waals surface area contributed by atoms with Crippen LogP contribution in [0.4, 0.5) is 5.13 Å². The number of anilines is 1. The number of halogens is 1. The van der Waals surface area contributed by atoms with Crippen LogP contribution in [0.3, 0.4) is 0 Å². The molecule has 1 amide bonds. The van der Waals surface area contributed by atoms with E-state index in [-0.39, 0.29) is 18.2 Å². The van der Waals surface area contributed by atoms with E-state index in [1.165, 1.54) is 11.3 Å². The second kappa shape index (κ2) is 8.81. The molecule has 1 aliphatic heterocycles. The molecule has 0 unspecified atom stereocenters. The Balaban J connectivity index is 1.67. The standard InChI is InChI=1S/C23H19ClN2O3S/c24-19-11-5-4-9-17(19)20-14-30-23(25-20)26-12-6-10-16(15-7-2-1-3-8-15)18(22(26)29)13-21(27)28/h1-11,14,16,18H,12-13H2,(H,27,28)/t16-,18-/m0/s1. The van der Waals surface area contributed by atoms with E-state index in [9.17, 15) is 14.7 Å². The molecule has 2 atom stereocenters. The van der Waals surface area contributed by atoms with Gasteiger partial charge in [-0.1, -0.05) is 72.3 Å². The number of nitrogens with zero attached hydrogens (tertiary/aromatic N) is 2. The Kier molecular flexibility index (Phi) is 5.97. The van der Waals surface area contributed by atoms with Crippen LogP contribution in [-0.2, 0) is 9.59 Å². The summed E-state index contributed by atoms with van der Waals surface area (Å²) in [5, 5.41) is 12.4. The lowest BCUT2D eigenvalue weighted by Gasteiger charge is -2.25. The molecular weight excluding hydrogens is 420 g/mol. The van der Waals surface area contributed by atoms with E-state index in [2.05, 4.69) is 4.98 Å². The van der Waals surface area contributed by atoms with E-state index in [1.807, 2.05) is 66.1 Å². The van der Waals surface area contributed by atoms with Crippen molar-refractivity contribution < 1.29 is 14.7 Å². The lowest BCUT2D eigenvalue weighted by molar-refractivity contribution is -0.140. The fourth-order valence-electron chi connectivity index (χ4n) is 3.67. The summed E-state index contributed by atoms with van der Waals surface area (Å²) in [7, 11) is 0. The first-order chi connectivity index (χ1) is 14.5. The maximum Gasteiger partial charge on any atom is 0.304 e. The summed E-state index contributed by atoms with van der Waals surface area (Å²) in [5.74, 6) is -2.25. The molecule has 0 aliphatic carbocycles. The number of hydrogen-bond acceptors (Lipinski definition) is 4. The van der Waals surface area contributed by atoms with Gasteiger partial charge in [-0.2, -0.15) is 0 Å². The molecular formula is C23H19ClN2O3S. The van der Waals surface area contributed by atoms with Gasteiger partial charge < -0.3 is 5.11 Å². The highest BCUT2D eigenvalue weighted by atomic mass is 35.5. The third-order valence-corrected chi connectivity index (χ3v) is 6.29. The van der Waals surface area contributed by atoms with Crippen LogP contribution in [0, 0.1) is 5.92 Å². The molecule has 5 nitrogen and oxygen atoms in total. The second-order valence-corrected chi connectivity index (χ2v) is 8.26. The van der Waals surface area contributed by atoms with Gasteiger partial charge in [0.1, 0.15) is 0 Å². The molecule has 1 aliphatic rings. The Morgan fingerprint density at radius 3 is 2.63 bits per heavy atom. The minimum atomic E-state index is -1.000. The number of aromatic nitrogens is 1. The number of benzene rings is 2. The van der Waals surface area contributed by atoms with Gasteiger partial charge in [-0.3, -0.25) is 14.5 Å². The van der Waals surface area contributed by atoms with Crippen LogP contribution in [0.2, 0.25) is 5.02 Å². The van der Waals surface area contributed by atoms with Crippen molar-refractivity contribution in [2.75, 3.05) is 11.4 Å². The average Bonchev–Trinajstić information content (AvgIpc) is 3.16. The van der Waals surface area contributed by atoms with Gasteiger partial charge >= 0.3 is 5.97 Å². The number of rotatable bonds is 5. The summed E-state index contributed by atoms with van der Waals surface area (Å²) in [6.07, 6.45) is 3.60. The van der Waals surface area contributed by atoms with Crippen LogP contribution >= 0.6 is 22.9 Å². The number of carbonyl (C=O) groups excluding carboxylic acids is 1. The largest absolute Gasteiger partial charge is 0.481 e. The van der Waals surface area contributed by atoms with Gasteiger partial charge in [0.05, 0.1) is 18.0 Å². The number of thiazole rings is 1. The van der Waals surface area contributed by atoms with E-state index in [0.717, 1.165) is 11.1 Å². The Morgan fingerprint density at radius 1 is 1.17 bits per heavy atom. The molecule has 0 saturated heterocycles. The van der Waals surface area contributed by atoms with Crippen LogP contribution in [-0.4, -0.2) is 28.5 Å². The number of carbonyl (C=O) groups is 2.